The van der Waals surface area contributed by atoms with E-state index in [1.807, 2.05) is 0 Å². The van der Waals surface area contributed by atoms with Crippen LogP contribution in [0.15, 0.2) is 0 Å². The maximum atomic E-state index is 12.7. The summed E-state index contributed by atoms with van der Waals surface area (Å²) in [6, 6.07) is 0. The van der Waals surface area contributed by atoms with Crippen molar-refractivity contribution in [3.8, 4) is 0 Å². The summed E-state index contributed by atoms with van der Waals surface area (Å²) in [7, 11) is 0. The highest BCUT2D eigenvalue weighted by Gasteiger charge is 2.65. The lowest BCUT2D eigenvalue weighted by Crippen LogP contribution is -2.43. The molecule has 1 unspecified atom stereocenters. The molecule has 0 aromatic carbocycles. The smallest absolute Gasteiger partial charge is 0.230 e. The monoisotopic (exact) mass is 192 g/mol. The third kappa shape index (κ3) is 1.21. The molecule has 0 aliphatic carbocycles. The number of rotatable bonds is 1. The van der Waals surface area contributed by atoms with Crippen LogP contribution in [0.1, 0.15) is 6.42 Å². The Bertz CT molecular complexity index is 159. The molecular formula is C5H5F5S. The second-order valence-electron chi connectivity index (χ2n) is 2.28. The predicted octanol–water partition coefficient (Wildman–Crippen LogP) is 2.69. The van der Waals surface area contributed by atoms with Crippen LogP contribution in [0.25, 0.3) is 0 Å². The predicted molar refractivity (Wildman–Crippen MR) is 31.9 cm³/mol. The molecule has 0 aromatic rings. The first kappa shape index (κ1) is 9.09. The van der Waals surface area contributed by atoms with Gasteiger partial charge in [0.05, 0.1) is 0 Å². The van der Waals surface area contributed by atoms with Crippen LogP contribution >= 0.6 is 11.8 Å². The van der Waals surface area contributed by atoms with Crippen molar-refractivity contribution in [2.45, 2.75) is 23.8 Å². The highest BCUT2D eigenvalue weighted by Crippen LogP contribution is 2.53. The Hall–Kier alpha value is -0.0000000000000000555. The quantitative estimate of drug-likeness (QED) is 0.575. The molecule has 1 heterocycles. The van der Waals surface area contributed by atoms with E-state index in [2.05, 4.69) is 0 Å². The Morgan fingerprint density at radius 2 is 1.73 bits per heavy atom. The largest absolute Gasteiger partial charge is 0.332 e. The minimum atomic E-state index is -3.93. The third-order valence-corrected chi connectivity index (χ3v) is 2.69. The molecule has 1 aliphatic heterocycles. The number of hydrogen-bond acceptors (Lipinski definition) is 1. The molecule has 1 saturated heterocycles. The fraction of sp³-hybridized carbons (Fsp3) is 1.00. The van der Waals surface area contributed by atoms with Crippen LogP contribution in [0, 0.1) is 0 Å². The molecule has 6 heteroatoms. The molecule has 0 aromatic heterocycles. The van der Waals surface area contributed by atoms with Gasteiger partial charge < -0.3 is 0 Å². The summed E-state index contributed by atoms with van der Waals surface area (Å²) in [5.41, 5.74) is -3.61. The van der Waals surface area contributed by atoms with Crippen LogP contribution in [0.2, 0.25) is 0 Å². The summed E-state index contributed by atoms with van der Waals surface area (Å²) in [5, 5.41) is -3.93. The standard InChI is InChI=1S/C5H5F5S/c6-3(7)4(8)1-2-11-5(4,9)10/h3H,1-2H2. The second kappa shape index (κ2) is 2.50. The van der Waals surface area contributed by atoms with Gasteiger partial charge in [0.25, 0.3) is 6.43 Å². The van der Waals surface area contributed by atoms with E-state index in [0.717, 1.165) is 0 Å². The van der Waals surface area contributed by atoms with Crippen molar-refractivity contribution >= 4 is 11.8 Å². The molecule has 0 radical (unpaired) electrons. The van der Waals surface area contributed by atoms with Crippen LogP contribution in [0.4, 0.5) is 22.0 Å². The van der Waals surface area contributed by atoms with Gasteiger partial charge in [0.1, 0.15) is 0 Å². The lowest BCUT2D eigenvalue weighted by atomic mass is 10.1. The Morgan fingerprint density at radius 3 is 1.91 bits per heavy atom. The second-order valence-corrected chi connectivity index (χ2v) is 3.49. The van der Waals surface area contributed by atoms with Gasteiger partial charge in [0, 0.05) is 12.2 Å². The Morgan fingerprint density at radius 1 is 1.18 bits per heavy atom. The highest BCUT2D eigenvalue weighted by molar-refractivity contribution is 8.00. The molecule has 0 bridgehead atoms. The molecule has 1 rings (SSSR count). The van der Waals surface area contributed by atoms with Crippen LogP contribution in [-0.2, 0) is 0 Å². The maximum absolute atomic E-state index is 12.7. The van der Waals surface area contributed by atoms with E-state index in [1.54, 1.807) is 0 Å². The molecular weight excluding hydrogens is 187 g/mol. The average molecular weight is 192 g/mol. The van der Waals surface area contributed by atoms with Gasteiger partial charge in [-0.05, 0) is 0 Å². The van der Waals surface area contributed by atoms with Crippen LogP contribution in [0.5, 0.6) is 0 Å². The van der Waals surface area contributed by atoms with Crippen molar-refractivity contribution in [2.24, 2.45) is 0 Å². The lowest BCUT2D eigenvalue weighted by Gasteiger charge is -2.24. The SMILES string of the molecule is FC(F)C1(F)CCSC1(F)F. The first-order valence-corrected chi connectivity index (χ1v) is 3.87. The zero-order chi connectivity index (χ0) is 8.70. The van der Waals surface area contributed by atoms with Gasteiger partial charge in [-0.3, -0.25) is 0 Å². The molecule has 1 fully saturated rings. The summed E-state index contributed by atoms with van der Waals surface area (Å²) < 4.78 is 60.9. The first-order chi connectivity index (χ1) is 4.90. The number of thioether (sulfide) groups is 1. The van der Waals surface area contributed by atoms with Gasteiger partial charge in [-0.2, -0.15) is 8.78 Å². The zero-order valence-corrected chi connectivity index (χ0v) is 6.11. The first-order valence-electron chi connectivity index (χ1n) is 2.89. The molecule has 0 spiro atoms. The summed E-state index contributed by atoms with van der Waals surface area (Å²) in [5.74, 6) is -0.256. The van der Waals surface area contributed by atoms with E-state index in [1.165, 1.54) is 0 Å². The molecule has 66 valence electrons. The van der Waals surface area contributed by atoms with Crippen LogP contribution in [0.3, 0.4) is 0 Å². The average Bonchev–Trinajstić information content (AvgIpc) is 2.09. The van der Waals surface area contributed by atoms with Crippen molar-refractivity contribution in [3.05, 3.63) is 0 Å². The third-order valence-electron chi connectivity index (χ3n) is 1.58. The van der Waals surface area contributed by atoms with Gasteiger partial charge in [-0.15, -0.1) is 0 Å². The Balaban J connectivity index is 2.84. The van der Waals surface area contributed by atoms with Crippen LogP contribution in [-0.4, -0.2) is 23.1 Å². The van der Waals surface area contributed by atoms with E-state index in [4.69, 9.17) is 0 Å². The van der Waals surface area contributed by atoms with Crippen molar-refractivity contribution in [1.82, 2.24) is 0 Å². The highest BCUT2D eigenvalue weighted by atomic mass is 32.2. The normalized spacial score (nSPS) is 36.5. The molecule has 0 nitrogen and oxygen atoms in total. The summed E-state index contributed by atoms with van der Waals surface area (Å²) in [6.45, 7) is 0. The number of hydrogen-bond donors (Lipinski definition) is 0. The molecule has 0 N–H and O–H groups in total. The molecule has 0 saturated carbocycles. The Kier molecular flexibility index (Phi) is 2.07. The fourth-order valence-electron chi connectivity index (χ4n) is 0.829. The van der Waals surface area contributed by atoms with E-state index < -0.39 is 23.8 Å². The molecule has 1 aliphatic rings. The van der Waals surface area contributed by atoms with Crippen molar-refractivity contribution in [2.75, 3.05) is 5.75 Å². The summed E-state index contributed by atoms with van der Waals surface area (Å²) in [4.78, 5) is 0. The van der Waals surface area contributed by atoms with Gasteiger partial charge in [-0.25, -0.2) is 13.2 Å². The van der Waals surface area contributed by atoms with Gasteiger partial charge in [0.2, 0.25) is 5.67 Å². The molecule has 0 amide bonds. The number of halogens is 5. The van der Waals surface area contributed by atoms with Crippen molar-refractivity contribution in [3.63, 3.8) is 0 Å². The number of alkyl halides is 5. The Labute approximate surface area is 64.1 Å². The zero-order valence-electron chi connectivity index (χ0n) is 5.29. The van der Waals surface area contributed by atoms with E-state index in [9.17, 15) is 22.0 Å². The van der Waals surface area contributed by atoms with Crippen molar-refractivity contribution < 1.29 is 22.0 Å². The molecule has 11 heavy (non-hydrogen) atoms. The lowest BCUT2D eigenvalue weighted by molar-refractivity contribution is -0.140. The van der Waals surface area contributed by atoms with E-state index >= 15 is 0 Å². The van der Waals surface area contributed by atoms with Gasteiger partial charge in [-0.1, -0.05) is 11.8 Å². The topological polar surface area (TPSA) is 0 Å². The fourth-order valence-corrected chi connectivity index (χ4v) is 1.92. The summed E-state index contributed by atoms with van der Waals surface area (Å²) in [6.07, 6.45) is -4.38. The molecule has 1 atom stereocenters. The van der Waals surface area contributed by atoms with Gasteiger partial charge >= 0.3 is 5.25 Å². The summed E-state index contributed by atoms with van der Waals surface area (Å²) >= 11 is -0.0535. The minimum Gasteiger partial charge on any atom is -0.230 e. The minimum absolute atomic E-state index is 0.0535. The van der Waals surface area contributed by atoms with Gasteiger partial charge in [0.15, 0.2) is 0 Å². The van der Waals surface area contributed by atoms with Crippen LogP contribution < -0.4 is 0 Å². The maximum Gasteiger partial charge on any atom is 0.332 e. The van der Waals surface area contributed by atoms with Crippen molar-refractivity contribution in [1.29, 1.82) is 0 Å². The van der Waals surface area contributed by atoms with E-state index in [-0.39, 0.29) is 17.5 Å². The van der Waals surface area contributed by atoms with E-state index in [0.29, 0.717) is 0 Å².